The Balaban J connectivity index is 1.70. The summed E-state index contributed by atoms with van der Waals surface area (Å²) in [5.74, 6) is 0.203. The van der Waals surface area contributed by atoms with Gasteiger partial charge >= 0.3 is 0 Å². The quantitative estimate of drug-likeness (QED) is 0.757. The van der Waals surface area contributed by atoms with E-state index in [-0.39, 0.29) is 5.91 Å². The molecule has 2 aliphatic rings. The second kappa shape index (κ2) is 5.36. The van der Waals surface area contributed by atoms with Gasteiger partial charge in [-0.25, -0.2) is 0 Å². The molecule has 1 amide bonds. The van der Waals surface area contributed by atoms with Crippen molar-refractivity contribution in [2.24, 2.45) is 5.41 Å². The van der Waals surface area contributed by atoms with Crippen LogP contribution < -0.4 is 10.6 Å². The molecule has 1 unspecified atom stereocenters. The Morgan fingerprint density at radius 3 is 2.71 bits per heavy atom. The molecule has 1 aliphatic carbocycles. The van der Waals surface area contributed by atoms with Crippen LogP contribution in [-0.4, -0.2) is 49.6 Å². The molecule has 98 valence electrons. The summed E-state index contributed by atoms with van der Waals surface area (Å²) in [7, 11) is 0. The summed E-state index contributed by atoms with van der Waals surface area (Å²) in [5, 5.41) is 6.48. The SMILES string of the molecule is CC1(C)CCC(NC(=O)CN2CCNCC2)C1. The van der Waals surface area contributed by atoms with Gasteiger partial charge in [0.1, 0.15) is 0 Å². The van der Waals surface area contributed by atoms with Crippen molar-refractivity contribution in [3.8, 4) is 0 Å². The van der Waals surface area contributed by atoms with Gasteiger partial charge in [0.05, 0.1) is 6.54 Å². The molecule has 2 fully saturated rings. The Hall–Kier alpha value is -0.610. The van der Waals surface area contributed by atoms with Gasteiger partial charge < -0.3 is 10.6 Å². The summed E-state index contributed by atoms with van der Waals surface area (Å²) >= 11 is 0. The van der Waals surface area contributed by atoms with Gasteiger partial charge in [-0.15, -0.1) is 0 Å². The molecule has 0 aromatic carbocycles. The summed E-state index contributed by atoms with van der Waals surface area (Å²) < 4.78 is 0. The van der Waals surface area contributed by atoms with Crippen molar-refractivity contribution in [3.63, 3.8) is 0 Å². The van der Waals surface area contributed by atoms with Crippen molar-refractivity contribution >= 4 is 5.91 Å². The second-order valence-electron chi connectivity index (χ2n) is 6.20. The van der Waals surface area contributed by atoms with Gasteiger partial charge in [0, 0.05) is 32.2 Å². The maximum Gasteiger partial charge on any atom is 0.234 e. The molecule has 0 aromatic heterocycles. The van der Waals surface area contributed by atoms with Crippen LogP contribution in [0.5, 0.6) is 0 Å². The highest BCUT2D eigenvalue weighted by Crippen LogP contribution is 2.36. The standard InChI is InChI=1S/C13H25N3O/c1-13(2)4-3-11(9-13)15-12(17)10-16-7-5-14-6-8-16/h11,14H,3-10H2,1-2H3,(H,15,17). The van der Waals surface area contributed by atoms with E-state index in [9.17, 15) is 4.79 Å². The van der Waals surface area contributed by atoms with Crippen molar-refractivity contribution in [1.29, 1.82) is 0 Å². The summed E-state index contributed by atoms with van der Waals surface area (Å²) in [6.45, 7) is 9.13. The van der Waals surface area contributed by atoms with Gasteiger partial charge in [-0.2, -0.15) is 0 Å². The van der Waals surface area contributed by atoms with Crippen LogP contribution in [0.1, 0.15) is 33.1 Å². The normalized spacial score (nSPS) is 29.2. The topological polar surface area (TPSA) is 44.4 Å². The molecule has 0 bridgehead atoms. The van der Waals surface area contributed by atoms with Gasteiger partial charge in [-0.3, -0.25) is 9.69 Å². The van der Waals surface area contributed by atoms with E-state index in [1.54, 1.807) is 0 Å². The average Bonchev–Trinajstić information content (AvgIpc) is 2.59. The number of carbonyl (C=O) groups is 1. The number of rotatable bonds is 3. The molecular weight excluding hydrogens is 214 g/mol. The van der Waals surface area contributed by atoms with Crippen LogP contribution in [0, 0.1) is 5.41 Å². The molecule has 1 heterocycles. The third kappa shape index (κ3) is 3.96. The molecule has 1 atom stereocenters. The van der Waals surface area contributed by atoms with E-state index < -0.39 is 0 Å². The van der Waals surface area contributed by atoms with Gasteiger partial charge in [-0.05, 0) is 24.7 Å². The number of carbonyl (C=O) groups excluding carboxylic acids is 1. The molecule has 17 heavy (non-hydrogen) atoms. The number of hydrogen-bond donors (Lipinski definition) is 2. The second-order valence-corrected chi connectivity index (χ2v) is 6.20. The lowest BCUT2D eigenvalue weighted by molar-refractivity contribution is -0.123. The Morgan fingerprint density at radius 2 is 2.12 bits per heavy atom. The smallest absolute Gasteiger partial charge is 0.234 e. The first-order valence-corrected chi connectivity index (χ1v) is 6.78. The van der Waals surface area contributed by atoms with Gasteiger partial charge in [0.25, 0.3) is 0 Å². The van der Waals surface area contributed by atoms with E-state index in [1.807, 2.05) is 0 Å². The Morgan fingerprint density at radius 1 is 1.41 bits per heavy atom. The number of nitrogens with zero attached hydrogens (tertiary/aromatic N) is 1. The van der Waals surface area contributed by atoms with Crippen molar-refractivity contribution in [2.45, 2.75) is 39.2 Å². The zero-order valence-corrected chi connectivity index (χ0v) is 11.1. The van der Waals surface area contributed by atoms with Crippen LogP contribution in [0.3, 0.4) is 0 Å². The van der Waals surface area contributed by atoms with Crippen LogP contribution in [0.4, 0.5) is 0 Å². The van der Waals surface area contributed by atoms with Crippen LogP contribution >= 0.6 is 0 Å². The highest BCUT2D eigenvalue weighted by molar-refractivity contribution is 5.78. The monoisotopic (exact) mass is 239 g/mol. The largest absolute Gasteiger partial charge is 0.352 e. The summed E-state index contributed by atoms with van der Waals surface area (Å²) in [5.41, 5.74) is 0.410. The molecule has 1 aliphatic heterocycles. The van der Waals surface area contributed by atoms with Crippen LogP contribution in [-0.2, 0) is 4.79 Å². The van der Waals surface area contributed by atoms with Crippen molar-refractivity contribution < 1.29 is 4.79 Å². The molecule has 1 saturated heterocycles. The molecule has 0 aromatic rings. The third-order valence-corrected chi connectivity index (χ3v) is 3.91. The first-order valence-electron chi connectivity index (χ1n) is 6.78. The number of amides is 1. The van der Waals surface area contributed by atoms with Crippen LogP contribution in [0.25, 0.3) is 0 Å². The van der Waals surface area contributed by atoms with Crippen molar-refractivity contribution in [3.05, 3.63) is 0 Å². The van der Waals surface area contributed by atoms with E-state index in [0.717, 1.165) is 39.0 Å². The van der Waals surface area contributed by atoms with E-state index >= 15 is 0 Å². The lowest BCUT2D eigenvalue weighted by Crippen LogP contribution is -2.48. The molecule has 4 nitrogen and oxygen atoms in total. The summed E-state index contributed by atoms with van der Waals surface area (Å²) in [6, 6.07) is 0.403. The molecule has 2 N–H and O–H groups in total. The maximum absolute atomic E-state index is 11.9. The van der Waals surface area contributed by atoms with Crippen LogP contribution in [0.15, 0.2) is 0 Å². The van der Waals surface area contributed by atoms with Gasteiger partial charge in [0.15, 0.2) is 0 Å². The minimum atomic E-state index is 0.203. The minimum absolute atomic E-state index is 0.203. The average molecular weight is 239 g/mol. The lowest BCUT2D eigenvalue weighted by Gasteiger charge is -2.27. The predicted molar refractivity (Wildman–Crippen MR) is 68.9 cm³/mol. The van der Waals surface area contributed by atoms with E-state index in [0.29, 0.717) is 18.0 Å². The molecule has 2 rings (SSSR count). The molecular formula is C13H25N3O. The lowest BCUT2D eigenvalue weighted by atomic mass is 9.92. The van der Waals surface area contributed by atoms with Crippen LogP contribution in [0.2, 0.25) is 0 Å². The zero-order valence-electron chi connectivity index (χ0n) is 11.1. The minimum Gasteiger partial charge on any atom is -0.352 e. The van der Waals surface area contributed by atoms with E-state index in [4.69, 9.17) is 0 Å². The maximum atomic E-state index is 11.9. The molecule has 4 heteroatoms. The zero-order chi connectivity index (χ0) is 12.3. The first kappa shape index (κ1) is 12.8. The van der Waals surface area contributed by atoms with Gasteiger partial charge in [0.2, 0.25) is 5.91 Å². The fourth-order valence-corrected chi connectivity index (χ4v) is 2.90. The Kier molecular flexibility index (Phi) is 4.05. The van der Waals surface area contributed by atoms with Crippen molar-refractivity contribution in [2.75, 3.05) is 32.7 Å². The molecule has 1 saturated carbocycles. The first-order chi connectivity index (χ1) is 8.05. The third-order valence-electron chi connectivity index (χ3n) is 3.91. The predicted octanol–water partition coefficient (Wildman–Crippen LogP) is 0.587. The highest BCUT2D eigenvalue weighted by atomic mass is 16.2. The fourth-order valence-electron chi connectivity index (χ4n) is 2.90. The number of hydrogen-bond acceptors (Lipinski definition) is 3. The summed E-state index contributed by atoms with van der Waals surface area (Å²) in [6.07, 6.45) is 3.49. The number of piperazine rings is 1. The fraction of sp³-hybridized carbons (Fsp3) is 0.923. The molecule has 0 radical (unpaired) electrons. The highest BCUT2D eigenvalue weighted by Gasteiger charge is 2.31. The van der Waals surface area contributed by atoms with E-state index in [2.05, 4.69) is 29.4 Å². The van der Waals surface area contributed by atoms with Gasteiger partial charge in [-0.1, -0.05) is 13.8 Å². The number of nitrogens with one attached hydrogen (secondary N) is 2. The summed E-state index contributed by atoms with van der Waals surface area (Å²) in [4.78, 5) is 14.1. The Bertz CT molecular complexity index is 272. The van der Waals surface area contributed by atoms with Crippen molar-refractivity contribution in [1.82, 2.24) is 15.5 Å². The van der Waals surface area contributed by atoms with E-state index in [1.165, 1.54) is 6.42 Å². The molecule has 0 spiro atoms. The Labute approximate surface area is 104 Å².